The minimum atomic E-state index is -1.01. The van der Waals surface area contributed by atoms with Crippen LogP contribution in [0.25, 0.3) is 0 Å². The number of carbonyl (C=O) groups excluding carboxylic acids is 2. The van der Waals surface area contributed by atoms with E-state index in [0.717, 1.165) is 10.5 Å². The average molecular weight is 599 g/mol. The molecule has 4 aromatic rings. The molecule has 2 fully saturated rings. The van der Waals surface area contributed by atoms with Gasteiger partial charge in [0.2, 0.25) is 0 Å². The van der Waals surface area contributed by atoms with E-state index in [4.69, 9.17) is 28.4 Å². The summed E-state index contributed by atoms with van der Waals surface area (Å²) in [5.41, 5.74) is 0.760. The quantitative estimate of drug-likeness (QED) is 0.224. The Morgan fingerprint density at radius 2 is 1.26 bits per heavy atom. The predicted octanol–water partition coefficient (Wildman–Crippen LogP) is 6.08. The van der Waals surface area contributed by atoms with Gasteiger partial charge in [0.15, 0.2) is 18.5 Å². The van der Waals surface area contributed by atoms with Gasteiger partial charge in [-0.25, -0.2) is 9.59 Å². The van der Waals surface area contributed by atoms with E-state index in [1.807, 2.05) is 66.7 Å². The third-order valence-electron chi connectivity index (χ3n) is 7.17. The molecule has 2 saturated heterocycles. The monoisotopic (exact) mass is 598 g/mol. The van der Waals surface area contributed by atoms with Crippen LogP contribution in [-0.4, -0.2) is 55.5 Å². The lowest BCUT2D eigenvalue weighted by Crippen LogP contribution is -2.63. The van der Waals surface area contributed by atoms with Crippen LogP contribution in [0.3, 0.4) is 0 Å². The molecule has 2 heterocycles. The number of carbonyl (C=O) groups is 2. The second kappa shape index (κ2) is 13.4. The molecule has 0 spiro atoms. The molecule has 6 atom stereocenters. The highest BCUT2D eigenvalue weighted by molar-refractivity contribution is 7.99. The number of thioether (sulfide) groups is 1. The molecular weight excluding hydrogens is 568 g/mol. The number of esters is 2. The maximum Gasteiger partial charge on any atom is 0.338 e. The van der Waals surface area contributed by atoms with Crippen molar-refractivity contribution < 1.29 is 38.0 Å². The van der Waals surface area contributed by atoms with Crippen molar-refractivity contribution in [2.45, 2.75) is 41.0 Å². The Morgan fingerprint density at radius 3 is 1.84 bits per heavy atom. The standard InChI is InChI=1S/C34H30O8S/c1-37-25-19-17-24(18-20-25)33-38-21-27-28(42-33)29(40-31(35)22-11-5-2-6-12-22)30(41-32(36)23-13-7-3-8-14-23)34(39-27)43-26-15-9-4-10-16-26/h2-20,27-30,33-34H,21H2,1H3/t27-,28-,29+,30-,33-,34+/m1/s1. The molecule has 220 valence electrons. The summed E-state index contributed by atoms with van der Waals surface area (Å²) in [5.74, 6) is -0.431. The van der Waals surface area contributed by atoms with Crippen LogP contribution in [0.2, 0.25) is 0 Å². The Morgan fingerprint density at radius 1 is 0.698 bits per heavy atom. The number of fused-ring (bicyclic) bond motifs is 1. The summed E-state index contributed by atoms with van der Waals surface area (Å²) in [7, 11) is 1.60. The molecule has 0 aliphatic carbocycles. The molecule has 9 heteroatoms. The lowest BCUT2D eigenvalue weighted by Gasteiger charge is -2.48. The Hall–Kier alpha value is -4.15. The van der Waals surface area contributed by atoms with Crippen LogP contribution >= 0.6 is 11.8 Å². The topological polar surface area (TPSA) is 89.5 Å². The summed E-state index contributed by atoms with van der Waals surface area (Å²) < 4.78 is 36.6. The van der Waals surface area contributed by atoms with Crippen LogP contribution in [-0.2, 0) is 23.7 Å². The number of hydrogen-bond donors (Lipinski definition) is 0. The highest BCUT2D eigenvalue weighted by Crippen LogP contribution is 2.41. The molecular formula is C34H30O8S. The smallest absolute Gasteiger partial charge is 0.338 e. The third-order valence-corrected chi connectivity index (χ3v) is 8.33. The van der Waals surface area contributed by atoms with Gasteiger partial charge < -0.3 is 28.4 Å². The Labute approximate surface area is 253 Å². The fourth-order valence-electron chi connectivity index (χ4n) is 5.00. The second-order valence-corrected chi connectivity index (χ2v) is 11.2. The molecule has 6 rings (SSSR count). The first-order chi connectivity index (χ1) is 21.1. The number of hydrogen-bond acceptors (Lipinski definition) is 9. The number of methoxy groups -OCH3 is 1. The summed E-state index contributed by atoms with van der Waals surface area (Å²) in [6, 6.07) is 34.3. The van der Waals surface area contributed by atoms with Gasteiger partial charge in [-0.1, -0.05) is 78.5 Å². The van der Waals surface area contributed by atoms with Crippen LogP contribution in [0.1, 0.15) is 32.6 Å². The van der Waals surface area contributed by atoms with E-state index in [1.54, 1.807) is 55.6 Å². The summed E-state index contributed by atoms with van der Waals surface area (Å²) in [4.78, 5) is 27.8. The summed E-state index contributed by atoms with van der Waals surface area (Å²) in [6.45, 7) is 0.173. The fourth-order valence-corrected chi connectivity index (χ4v) is 6.12. The lowest BCUT2D eigenvalue weighted by molar-refractivity contribution is -0.317. The molecule has 0 bridgehead atoms. The molecule has 4 aromatic carbocycles. The molecule has 0 aromatic heterocycles. The van der Waals surface area contributed by atoms with E-state index in [2.05, 4.69) is 0 Å². The SMILES string of the molecule is COc1ccc([C@@H]2OC[C@H]3O[C@@H](Sc4ccccc4)[C@H](OC(=O)c4ccccc4)[C@@H](OC(=O)c4ccccc4)[C@@H]3O2)cc1. The summed E-state index contributed by atoms with van der Waals surface area (Å²) >= 11 is 1.38. The van der Waals surface area contributed by atoms with Crippen LogP contribution in [0.4, 0.5) is 0 Å². The Kier molecular flexibility index (Phi) is 9.04. The Bertz CT molecular complexity index is 1500. The largest absolute Gasteiger partial charge is 0.497 e. The molecule has 8 nitrogen and oxygen atoms in total. The zero-order valence-corrected chi connectivity index (χ0v) is 24.1. The first-order valence-corrected chi connectivity index (χ1v) is 14.8. The van der Waals surface area contributed by atoms with Gasteiger partial charge in [-0.15, -0.1) is 0 Å². The van der Waals surface area contributed by atoms with Crippen LogP contribution in [0, 0.1) is 0 Å². The zero-order chi connectivity index (χ0) is 29.6. The second-order valence-electron chi connectivity index (χ2n) is 9.98. The van der Waals surface area contributed by atoms with Crippen molar-refractivity contribution in [1.82, 2.24) is 0 Å². The van der Waals surface area contributed by atoms with Gasteiger partial charge in [-0.05, 0) is 48.5 Å². The normalized spacial score (nSPS) is 24.8. The third kappa shape index (κ3) is 6.76. The van der Waals surface area contributed by atoms with Crippen LogP contribution < -0.4 is 4.74 Å². The van der Waals surface area contributed by atoms with Crippen molar-refractivity contribution in [2.24, 2.45) is 0 Å². The van der Waals surface area contributed by atoms with E-state index in [1.165, 1.54) is 11.8 Å². The van der Waals surface area contributed by atoms with E-state index >= 15 is 0 Å². The minimum absolute atomic E-state index is 0.173. The van der Waals surface area contributed by atoms with Crippen molar-refractivity contribution in [3.05, 3.63) is 132 Å². The molecule has 43 heavy (non-hydrogen) atoms. The highest BCUT2D eigenvalue weighted by Gasteiger charge is 2.54. The molecule has 2 aliphatic rings. The predicted molar refractivity (Wildman–Crippen MR) is 159 cm³/mol. The molecule has 2 aliphatic heterocycles. The van der Waals surface area contributed by atoms with E-state index in [-0.39, 0.29) is 6.61 Å². The van der Waals surface area contributed by atoms with Gasteiger partial charge in [-0.3, -0.25) is 0 Å². The van der Waals surface area contributed by atoms with Crippen LogP contribution in [0.5, 0.6) is 5.75 Å². The van der Waals surface area contributed by atoms with E-state index in [0.29, 0.717) is 16.9 Å². The average Bonchev–Trinajstić information content (AvgIpc) is 3.07. The van der Waals surface area contributed by atoms with Gasteiger partial charge in [-0.2, -0.15) is 0 Å². The summed E-state index contributed by atoms with van der Waals surface area (Å²) in [5, 5.41) is 0. The Balaban J connectivity index is 1.35. The summed E-state index contributed by atoms with van der Waals surface area (Å²) in [6.07, 6.45) is -4.19. The van der Waals surface area contributed by atoms with Crippen molar-refractivity contribution in [1.29, 1.82) is 0 Å². The van der Waals surface area contributed by atoms with Gasteiger partial charge in [0, 0.05) is 10.5 Å². The molecule has 0 unspecified atom stereocenters. The highest BCUT2D eigenvalue weighted by atomic mass is 32.2. The molecule has 0 saturated carbocycles. The number of rotatable bonds is 8. The molecule has 0 N–H and O–H groups in total. The van der Waals surface area contributed by atoms with E-state index in [9.17, 15) is 9.59 Å². The lowest BCUT2D eigenvalue weighted by atomic mass is 9.98. The number of ether oxygens (including phenoxy) is 6. The van der Waals surface area contributed by atoms with Crippen molar-refractivity contribution in [3.8, 4) is 5.75 Å². The maximum absolute atomic E-state index is 13.5. The zero-order valence-electron chi connectivity index (χ0n) is 23.3. The molecule has 0 amide bonds. The van der Waals surface area contributed by atoms with Gasteiger partial charge in [0.05, 0.1) is 24.8 Å². The van der Waals surface area contributed by atoms with Gasteiger partial charge in [0.25, 0.3) is 0 Å². The number of benzene rings is 4. The first-order valence-electron chi connectivity index (χ1n) is 13.9. The maximum atomic E-state index is 13.5. The van der Waals surface area contributed by atoms with E-state index < -0.39 is 48.1 Å². The molecule has 0 radical (unpaired) electrons. The van der Waals surface area contributed by atoms with Crippen molar-refractivity contribution in [3.63, 3.8) is 0 Å². The first kappa shape index (κ1) is 28.9. The fraction of sp³-hybridized carbons (Fsp3) is 0.235. The minimum Gasteiger partial charge on any atom is -0.497 e. The van der Waals surface area contributed by atoms with Crippen molar-refractivity contribution in [2.75, 3.05) is 13.7 Å². The van der Waals surface area contributed by atoms with Crippen molar-refractivity contribution >= 4 is 23.7 Å². The van der Waals surface area contributed by atoms with Gasteiger partial charge >= 0.3 is 11.9 Å². The van der Waals surface area contributed by atoms with Gasteiger partial charge in [0.1, 0.15) is 23.4 Å². The van der Waals surface area contributed by atoms with Crippen LogP contribution in [0.15, 0.2) is 120 Å².